The molecule has 0 spiro atoms. The third-order valence-electron chi connectivity index (χ3n) is 4.12. The van der Waals surface area contributed by atoms with E-state index in [9.17, 15) is 13.2 Å². The first-order chi connectivity index (χ1) is 12.7. The highest BCUT2D eigenvalue weighted by Gasteiger charge is 2.30. The van der Waals surface area contributed by atoms with Gasteiger partial charge in [0.2, 0.25) is 0 Å². The van der Waals surface area contributed by atoms with Gasteiger partial charge in [0.25, 0.3) is 0 Å². The number of anilines is 1. The fraction of sp³-hybridized carbons (Fsp3) is 0.368. The van der Waals surface area contributed by atoms with Gasteiger partial charge in [-0.2, -0.15) is 13.2 Å². The predicted octanol–water partition coefficient (Wildman–Crippen LogP) is 4.42. The number of thiocarbonyl (C=S) groups is 1. The number of hydrogen-bond acceptors (Lipinski definition) is 3. The van der Waals surface area contributed by atoms with Crippen LogP contribution in [0.25, 0.3) is 0 Å². The van der Waals surface area contributed by atoms with E-state index in [4.69, 9.17) is 12.2 Å². The van der Waals surface area contributed by atoms with Gasteiger partial charge in [0.15, 0.2) is 5.11 Å². The van der Waals surface area contributed by atoms with Gasteiger partial charge in [-0.05, 0) is 63.1 Å². The quantitative estimate of drug-likeness (QED) is 0.731. The van der Waals surface area contributed by atoms with E-state index < -0.39 is 11.7 Å². The van der Waals surface area contributed by atoms with E-state index in [1.807, 2.05) is 43.0 Å². The lowest BCUT2D eigenvalue weighted by Crippen LogP contribution is -2.41. The van der Waals surface area contributed by atoms with E-state index in [-0.39, 0.29) is 6.04 Å². The van der Waals surface area contributed by atoms with Crippen molar-refractivity contribution >= 4 is 23.0 Å². The second kappa shape index (κ2) is 9.14. The summed E-state index contributed by atoms with van der Waals surface area (Å²) in [4.78, 5) is 8.11. The monoisotopic (exact) mass is 396 g/mol. The summed E-state index contributed by atoms with van der Waals surface area (Å²) in [5.41, 5.74) is 0.572. The van der Waals surface area contributed by atoms with Gasteiger partial charge in [-0.25, -0.2) is 0 Å². The van der Waals surface area contributed by atoms with E-state index in [0.717, 1.165) is 24.2 Å². The van der Waals surface area contributed by atoms with Crippen LogP contribution >= 0.6 is 12.2 Å². The Hall–Kier alpha value is -2.19. The molecule has 0 saturated heterocycles. The van der Waals surface area contributed by atoms with Crippen molar-refractivity contribution in [3.63, 3.8) is 0 Å². The Morgan fingerprint density at radius 1 is 1.19 bits per heavy atom. The predicted molar refractivity (Wildman–Crippen MR) is 106 cm³/mol. The molecule has 0 saturated carbocycles. The van der Waals surface area contributed by atoms with Crippen LogP contribution in [-0.4, -0.2) is 47.1 Å². The topological polar surface area (TPSA) is 31.4 Å². The standard InChI is InChI=1S/C19H23F3N4S/c1-14(15-6-5-9-23-13-15)26(11-10-25(2)3)18(27)24-17-8-4-7-16(12-17)19(20,21)22/h4-9,12-14H,10-11H2,1-3H3,(H,24,27)/t14-/m1/s1. The summed E-state index contributed by atoms with van der Waals surface area (Å²) in [5.74, 6) is 0. The van der Waals surface area contributed by atoms with Crippen LogP contribution in [0, 0.1) is 0 Å². The number of rotatable bonds is 6. The van der Waals surface area contributed by atoms with Crippen molar-refractivity contribution in [3.05, 3.63) is 59.9 Å². The minimum atomic E-state index is -4.40. The Kier molecular flexibility index (Phi) is 7.15. The maximum absolute atomic E-state index is 12.9. The zero-order chi connectivity index (χ0) is 20.0. The molecule has 1 heterocycles. The second-order valence-electron chi connectivity index (χ2n) is 6.47. The summed E-state index contributed by atoms with van der Waals surface area (Å²) >= 11 is 5.52. The van der Waals surface area contributed by atoms with Gasteiger partial charge < -0.3 is 15.1 Å². The average Bonchev–Trinajstić information content (AvgIpc) is 2.61. The van der Waals surface area contributed by atoms with Gasteiger partial charge in [-0.15, -0.1) is 0 Å². The van der Waals surface area contributed by atoms with Crippen LogP contribution in [0.1, 0.15) is 24.1 Å². The molecule has 0 aliphatic heterocycles. The molecule has 27 heavy (non-hydrogen) atoms. The largest absolute Gasteiger partial charge is 0.416 e. The molecular formula is C19H23F3N4S. The summed E-state index contributed by atoms with van der Waals surface area (Å²) in [6.07, 6.45) is -0.938. The summed E-state index contributed by atoms with van der Waals surface area (Å²) in [5, 5.41) is 3.32. The Morgan fingerprint density at radius 3 is 2.52 bits per heavy atom. The van der Waals surface area contributed by atoms with Crippen LogP contribution in [0.3, 0.4) is 0 Å². The van der Waals surface area contributed by atoms with Crippen LogP contribution in [0.15, 0.2) is 48.8 Å². The van der Waals surface area contributed by atoms with E-state index >= 15 is 0 Å². The van der Waals surface area contributed by atoms with Crippen molar-refractivity contribution < 1.29 is 13.2 Å². The van der Waals surface area contributed by atoms with Crippen molar-refractivity contribution in [3.8, 4) is 0 Å². The molecule has 1 aromatic heterocycles. The number of aromatic nitrogens is 1. The highest BCUT2D eigenvalue weighted by molar-refractivity contribution is 7.80. The fourth-order valence-corrected chi connectivity index (χ4v) is 2.92. The molecule has 0 amide bonds. The van der Waals surface area contributed by atoms with Crippen molar-refractivity contribution in [2.75, 3.05) is 32.5 Å². The molecule has 2 aromatic rings. The molecule has 0 aliphatic rings. The maximum atomic E-state index is 12.9. The Bertz CT molecular complexity index is 750. The van der Waals surface area contributed by atoms with Gasteiger partial charge in [-0.1, -0.05) is 12.1 Å². The van der Waals surface area contributed by atoms with Gasteiger partial charge in [0.1, 0.15) is 0 Å². The summed E-state index contributed by atoms with van der Waals surface area (Å²) in [6.45, 7) is 3.36. The van der Waals surface area contributed by atoms with Crippen molar-refractivity contribution in [1.82, 2.24) is 14.8 Å². The minimum absolute atomic E-state index is 0.0792. The minimum Gasteiger partial charge on any atom is -0.341 e. The van der Waals surface area contributed by atoms with Crippen molar-refractivity contribution in [1.29, 1.82) is 0 Å². The molecule has 4 nitrogen and oxygen atoms in total. The molecule has 1 atom stereocenters. The first-order valence-electron chi connectivity index (χ1n) is 8.48. The molecule has 1 N–H and O–H groups in total. The molecule has 146 valence electrons. The lowest BCUT2D eigenvalue weighted by molar-refractivity contribution is -0.137. The molecule has 0 unspecified atom stereocenters. The number of pyridine rings is 1. The van der Waals surface area contributed by atoms with Crippen LogP contribution in [0.2, 0.25) is 0 Å². The van der Waals surface area contributed by atoms with Gasteiger partial charge >= 0.3 is 6.18 Å². The molecule has 2 rings (SSSR count). The SMILES string of the molecule is C[C@H](c1cccnc1)N(CCN(C)C)C(=S)Nc1cccc(C(F)(F)F)c1. The van der Waals surface area contributed by atoms with Crippen molar-refractivity contribution in [2.45, 2.75) is 19.1 Å². The van der Waals surface area contributed by atoms with Gasteiger partial charge in [0, 0.05) is 31.2 Å². The maximum Gasteiger partial charge on any atom is 0.416 e. The lowest BCUT2D eigenvalue weighted by Gasteiger charge is -2.33. The Labute approximate surface area is 163 Å². The Morgan fingerprint density at radius 2 is 1.93 bits per heavy atom. The van der Waals surface area contributed by atoms with E-state index in [1.54, 1.807) is 18.5 Å². The smallest absolute Gasteiger partial charge is 0.341 e. The molecule has 0 radical (unpaired) electrons. The number of halogens is 3. The molecule has 0 bridgehead atoms. The molecule has 8 heteroatoms. The summed E-state index contributed by atoms with van der Waals surface area (Å²) in [7, 11) is 3.91. The number of hydrogen-bond donors (Lipinski definition) is 1. The van der Waals surface area contributed by atoms with Crippen molar-refractivity contribution in [2.24, 2.45) is 0 Å². The first-order valence-corrected chi connectivity index (χ1v) is 8.89. The lowest BCUT2D eigenvalue weighted by atomic mass is 10.1. The summed E-state index contributed by atoms with van der Waals surface area (Å²) in [6, 6.07) is 8.75. The average molecular weight is 396 g/mol. The van der Waals surface area contributed by atoms with Crippen LogP contribution in [0.4, 0.5) is 18.9 Å². The number of nitrogens with one attached hydrogen (secondary N) is 1. The van der Waals surface area contributed by atoms with E-state index in [0.29, 0.717) is 17.3 Å². The number of nitrogens with zero attached hydrogens (tertiary/aromatic N) is 3. The first kappa shape index (κ1) is 21.1. The van der Waals surface area contributed by atoms with Gasteiger partial charge in [0.05, 0.1) is 11.6 Å². The number of likely N-dealkylation sites (N-methyl/N-ethyl adjacent to an activating group) is 1. The highest BCUT2D eigenvalue weighted by atomic mass is 32.1. The summed E-state index contributed by atoms with van der Waals surface area (Å²) < 4.78 is 38.8. The van der Waals surface area contributed by atoms with Crippen LogP contribution < -0.4 is 5.32 Å². The highest BCUT2D eigenvalue weighted by Crippen LogP contribution is 2.31. The molecular weight excluding hydrogens is 373 g/mol. The van der Waals surface area contributed by atoms with E-state index in [2.05, 4.69) is 10.3 Å². The number of alkyl halides is 3. The number of benzene rings is 1. The zero-order valence-electron chi connectivity index (χ0n) is 15.5. The van der Waals surface area contributed by atoms with E-state index in [1.165, 1.54) is 6.07 Å². The molecule has 1 aromatic carbocycles. The zero-order valence-corrected chi connectivity index (χ0v) is 16.3. The normalized spacial score (nSPS) is 12.7. The van der Waals surface area contributed by atoms with Gasteiger partial charge in [-0.3, -0.25) is 4.98 Å². The second-order valence-corrected chi connectivity index (χ2v) is 6.85. The van der Waals surface area contributed by atoms with Crippen LogP contribution in [0.5, 0.6) is 0 Å². The fourth-order valence-electron chi connectivity index (χ4n) is 2.55. The molecule has 0 fully saturated rings. The third kappa shape index (κ3) is 6.18. The van der Waals surface area contributed by atoms with Crippen LogP contribution in [-0.2, 0) is 6.18 Å². The Balaban J connectivity index is 2.21. The molecule has 0 aliphatic carbocycles. The third-order valence-corrected chi connectivity index (χ3v) is 4.46.